The number of nitrogens with zero attached hydrogens (tertiary/aromatic N) is 2. The smallest absolute Gasteiger partial charge is 0.0926 e. The Morgan fingerprint density at radius 3 is 3.00 bits per heavy atom. The second-order valence-corrected chi connectivity index (χ2v) is 6.80. The van der Waals surface area contributed by atoms with Crippen molar-refractivity contribution in [1.29, 1.82) is 0 Å². The molecule has 0 bridgehead atoms. The van der Waals surface area contributed by atoms with Crippen LogP contribution in [0.25, 0.3) is 0 Å². The summed E-state index contributed by atoms with van der Waals surface area (Å²) < 4.78 is 2.33. The molecule has 0 spiro atoms. The van der Waals surface area contributed by atoms with Crippen molar-refractivity contribution in [3.63, 3.8) is 0 Å². The highest BCUT2D eigenvalue weighted by Crippen LogP contribution is 2.29. The van der Waals surface area contributed by atoms with Gasteiger partial charge in [-0.15, -0.1) is 11.3 Å². The Balaban J connectivity index is 1.80. The number of fused-ring (bicyclic) bond motifs is 1. The molecule has 0 saturated heterocycles. The minimum absolute atomic E-state index is 0.537. The Bertz CT molecular complexity index is 585. The van der Waals surface area contributed by atoms with Crippen LogP contribution in [0.3, 0.4) is 0 Å². The average Bonchev–Trinajstić information content (AvgIpc) is 3.05. The number of thiazole rings is 1. The topological polar surface area (TPSA) is 29.9 Å². The fourth-order valence-electron chi connectivity index (χ4n) is 3.24. The standard InChI is InChI=1S/C17H25N3S/c1-3-17-19-14(12-21-17)10-20-9-13-7-5-6-8-16(18-4-2)15(13)11-20/h9,11-12,16,18H,3-8,10H2,1-2H3. The lowest BCUT2D eigenvalue weighted by Crippen LogP contribution is -2.20. The van der Waals surface area contributed by atoms with E-state index in [9.17, 15) is 0 Å². The number of hydrogen-bond donors (Lipinski definition) is 1. The van der Waals surface area contributed by atoms with E-state index in [1.165, 1.54) is 47.5 Å². The number of hydrogen-bond acceptors (Lipinski definition) is 3. The van der Waals surface area contributed by atoms with Gasteiger partial charge in [0.2, 0.25) is 0 Å². The Labute approximate surface area is 131 Å². The monoisotopic (exact) mass is 303 g/mol. The first-order valence-electron chi connectivity index (χ1n) is 8.15. The summed E-state index contributed by atoms with van der Waals surface area (Å²) in [6.07, 6.45) is 10.9. The zero-order chi connectivity index (χ0) is 14.7. The number of nitrogens with one attached hydrogen (secondary N) is 1. The summed E-state index contributed by atoms with van der Waals surface area (Å²) in [5.41, 5.74) is 4.24. The molecule has 0 aromatic carbocycles. The first kappa shape index (κ1) is 14.8. The third kappa shape index (κ3) is 3.38. The van der Waals surface area contributed by atoms with Gasteiger partial charge in [-0.05, 0) is 43.4 Å². The summed E-state index contributed by atoms with van der Waals surface area (Å²) in [7, 11) is 0. The molecule has 2 aromatic heterocycles. The van der Waals surface area contributed by atoms with Gasteiger partial charge in [0.1, 0.15) is 0 Å². The first-order chi connectivity index (χ1) is 10.3. The summed E-state index contributed by atoms with van der Waals surface area (Å²) in [6.45, 7) is 6.31. The van der Waals surface area contributed by atoms with Crippen LogP contribution in [0.1, 0.15) is 61.0 Å². The van der Waals surface area contributed by atoms with Gasteiger partial charge in [0.15, 0.2) is 0 Å². The summed E-state index contributed by atoms with van der Waals surface area (Å²) in [5.74, 6) is 0. The van der Waals surface area contributed by atoms with Crippen LogP contribution in [0.2, 0.25) is 0 Å². The predicted molar refractivity (Wildman–Crippen MR) is 89.0 cm³/mol. The number of rotatable bonds is 5. The summed E-state index contributed by atoms with van der Waals surface area (Å²) in [4.78, 5) is 4.69. The van der Waals surface area contributed by atoms with Crippen LogP contribution < -0.4 is 5.32 Å². The van der Waals surface area contributed by atoms with Crippen molar-refractivity contribution in [2.24, 2.45) is 0 Å². The van der Waals surface area contributed by atoms with Gasteiger partial charge in [-0.25, -0.2) is 4.98 Å². The molecule has 2 heterocycles. The molecule has 1 aliphatic carbocycles. The molecule has 0 fully saturated rings. The van der Waals surface area contributed by atoms with Gasteiger partial charge in [-0.2, -0.15) is 0 Å². The van der Waals surface area contributed by atoms with Crippen LogP contribution >= 0.6 is 11.3 Å². The molecule has 1 atom stereocenters. The molecule has 1 unspecified atom stereocenters. The number of aryl methyl sites for hydroxylation is 2. The highest BCUT2D eigenvalue weighted by Gasteiger charge is 2.19. The van der Waals surface area contributed by atoms with Gasteiger partial charge in [0.25, 0.3) is 0 Å². The molecule has 0 aliphatic heterocycles. The Kier molecular flexibility index (Phi) is 4.76. The minimum Gasteiger partial charge on any atom is -0.348 e. The van der Waals surface area contributed by atoms with E-state index in [4.69, 9.17) is 0 Å². The maximum atomic E-state index is 4.69. The van der Waals surface area contributed by atoms with Crippen LogP contribution in [-0.4, -0.2) is 16.1 Å². The molecule has 3 rings (SSSR count). The molecule has 4 heteroatoms. The van der Waals surface area contributed by atoms with Crippen molar-refractivity contribution < 1.29 is 0 Å². The van der Waals surface area contributed by atoms with Crippen LogP contribution in [0.4, 0.5) is 0 Å². The summed E-state index contributed by atoms with van der Waals surface area (Å²) in [5, 5.41) is 7.08. The maximum Gasteiger partial charge on any atom is 0.0926 e. The molecular weight excluding hydrogens is 278 g/mol. The fourth-order valence-corrected chi connectivity index (χ4v) is 3.97. The molecule has 114 valence electrons. The van der Waals surface area contributed by atoms with E-state index in [0.717, 1.165) is 19.5 Å². The van der Waals surface area contributed by atoms with Crippen LogP contribution in [0.5, 0.6) is 0 Å². The van der Waals surface area contributed by atoms with Crippen molar-refractivity contribution >= 4 is 11.3 Å². The average molecular weight is 303 g/mol. The molecule has 2 aromatic rings. The van der Waals surface area contributed by atoms with Crippen molar-refractivity contribution in [3.8, 4) is 0 Å². The SMILES string of the molecule is CCNC1CCCCc2cn(Cc3csc(CC)n3)cc21. The van der Waals surface area contributed by atoms with Gasteiger partial charge in [-0.3, -0.25) is 0 Å². The van der Waals surface area contributed by atoms with E-state index in [-0.39, 0.29) is 0 Å². The lowest BCUT2D eigenvalue weighted by Gasteiger charge is -2.15. The maximum absolute atomic E-state index is 4.69. The Hall–Kier alpha value is -1.13. The van der Waals surface area contributed by atoms with Crippen LogP contribution in [0.15, 0.2) is 17.8 Å². The molecule has 1 N–H and O–H groups in total. The molecule has 0 saturated carbocycles. The second-order valence-electron chi connectivity index (χ2n) is 5.85. The van der Waals surface area contributed by atoms with E-state index >= 15 is 0 Å². The largest absolute Gasteiger partial charge is 0.348 e. The third-order valence-electron chi connectivity index (χ3n) is 4.26. The molecule has 1 aliphatic rings. The van der Waals surface area contributed by atoms with Gasteiger partial charge < -0.3 is 9.88 Å². The van der Waals surface area contributed by atoms with E-state index in [1.54, 1.807) is 11.3 Å². The van der Waals surface area contributed by atoms with E-state index in [0.29, 0.717) is 6.04 Å². The molecule has 21 heavy (non-hydrogen) atoms. The number of aromatic nitrogens is 2. The van der Waals surface area contributed by atoms with Gasteiger partial charge in [0.05, 0.1) is 17.2 Å². The van der Waals surface area contributed by atoms with Crippen molar-refractivity contribution in [1.82, 2.24) is 14.9 Å². The van der Waals surface area contributed by atoms with Gasteiger partial charge >= 0.3 is 0 Å². The highest BCUT2D eigenvalue weighted by molar-refractivity contribution is 7.09. The predicted octanol–water partition coefficient (Wildman–Crippen LogP) is 3.93. The normalized spacial score (nSPS) is 18.5. The second kappa shape index (κ2) is 6.75. The summed E-state index contributed by atoms with van der Waals surface area (Å²) >= 11 is 1.78. The molecule has 3 nitrogen and oxygen atoms in total. The Morgan fingerprint density at radius 1 is 1.33 bits per heavy atom. The van der Waals surface area contributed by atoms with Crippen LogP contribution in [-0.2, 0) is 19.4 Å². The van der Waals surface area contributed by atoms with Crippen molar-refractivity contribution in [2.45, 2.75) is 58.5 Å². The van der Waals surface area contributed by atoms with E-state index < -0.39 is 0 Å². The highest BCUT2D eigenvalue weighted by atomic mass is 32.1. The quantitative estimate of drug-likeness (QED) is 0.848. The summed E-state index contributed by atoms with van der Waals surface area (Å²) in [6, 6.07) is 0.537. The zero-order valence-electron chi connectivity index (χ0n) is 13.1. The van der Waals surface area contributed by atoms with Gasteiger partial charge in [-0.1, -0.05) is 20.3 Å². The van der Waals surface area contributed by atoms with E-state index in [2.05, 4.69) is 46.5 Å². The molecule has 0 amide bonds. The van der Waals surface area contributed by atoms with E-state index in [1.807, 2.05) is 0 Å². The van der Waals surface area contributed by atoms with Gasteiger partial charge in [0, 0.05) is 23.8 Å². The lowest BCUT2D eigenvalue weighted by molar-refractivity contribution is 0.502. The van der Waals surface area contributed by atoms with Crippen molar-refractivity contribution in [3.05, 3.63) is 39.6 Å². The minimum atomic E-state index is 0.537. The fraction of sp³-hybridized carbons (Fsp3) is 0.588. The lowest BCUT2D eigenvalue weighted by atomic mass is 10.0. The Morgan fingerprint density at radius 2 is 2.24 bits per heavy atom. The van der Waals surface area contributed by atoms with Crippen LogP contribution in [0, 0.1) is 0 Å². The molecular formula is C17H25N3S. The van der Waals surface area contributed by atoms with Crippen molar-refractivity contribution in [2.75, 3.05) is 6.54 Å². The molecule has 0 radical (unpaired) electrons. The zero-order valence-corrected chi connectivity index (χ0v) is 13.9. The first-order valence-corrected chi connectivity index (χ1v) is 9.03. The third-order valence-corrected chi connectivity index (χ3v) is 5.30.